The van der Waals surface area contributed by atoms with Crippen LogP contribution in [0.2, 0.25) is 0 Å². The topological polar surface area (TPSA) is 16.4 Å². The van der Waals surface area contributed by atoms with Gasteiger partial charge >= 0.3 is 0 Å². The summed E-state index contributed by atoms with van der Waals surface area (Å²) in [5, 5.41) is 4.62. The standard InChI is InChI=1S/C62H43NO/c1-61(2)51-31-16-14-27-45(51)46-37-36-43(38-54(46)61)63(56-35-18-30-49-58-47-28-13-12-26-44(47)50(39-57(58)64-60(49)56)40-20-6-3-7-21-40)55-34-19-33-53-59(55)48-29-15-17-32-52(48)62(53,41-22-8-4-9-23-41)42-24-10-5-11-25-42/h3-39H,1-2H3. The van der Waals surface area contributed by atoms with Gasteiger partial charge in [0.2, 0.25) is 0 Å². The van der Waals surface area contributed by atoms with Crippen LogP contribution in [-0.2, 0) is 10.8 Å². The molecule has 2 aliphatic rings. The van der Waals surface area contributed by atoms with Gasteiger partial charge in [0.1, 0.15) is 5.58 Å². The van der Waals surface area contributed by atoms with E-state index in [1.54, 1.807) is 0 Å². The summed E-state index contributed by atoms with van der Waals surface area (Å²) >= 11 is 0. The van der Waals surface area contributed by atoms with Crippen molar-refractivity contribution in [3.8, 4) is 33.4 Å². The summed E-state index contributed by atoms with van der Waals surface area (Å²) < 4.78 is 7.29. The van der Waals surface area contributed by atoms with Crippen molar-refractivity contribution in [1.82, 2.24) is 0 Å². The normalized spacial score (nSPS) is 14.0. The van der Waals surface area contributed by atoms with E-state index in [-0.39, 0.29) is 5.41 Å². The number of nitrogens with zero attached hydrogens (tertiary/aromatic N) is 1. The van der Waals surface area contributed by atoms with Gasteiger partial charge in [-0.1, -0.05) is 208 Å². The molecule has 0 radical (unpaired) electrons. The zero-order valence-corrected chi connectivity index (χ0v) is 35.7. The van der Waals surface area contributed by atoms with Crippen LogP contribution in [0.15, 0.2) is 229 Å². The first-order chi connectivity index (χ1) is 31.5. The van der Waals surface area contributed by atoms with Crippen LogP contribution in [0.25, 0.3) is 66.1 Å². The summed E-state index contributed by atoms with van der Waals surface area (Å²) in [6.07, 6.45) is 0. The molecule has 0 saturated carbocycles. The van der Waals surface area contributed by atoms with Gasteiger partial charge in [-0.05, 0) is 102 Å². The van der Waals surface area contributed by atoms with E-state index >= 15 is 0 Å². The van der Waals surface area contributed by atoms with Gasteiger partial charge in [-0.15, -0.1) is 0 Å². The molecule has 0 saturated heterocycles. The number of benzene rings is 10. The van der Waals surface area contributed by atoms with Crippen molar-refractivity contribution in [3.05, 3.63) is 258 Å². The van der Waals surface area contributed by atoms with Gasteiger partial charge in [-0.25, -0.2) is 0 Å². The van der Waals surface area contributed by atoms with E-state index in [0.717, 1.165) is 44.6 Å². The fraction of sp³-hybridized carbons (Fsp3) is 0.0645. The monoisotopic (exact) mass is 817 g/mol. The van der Waals surface area contributed by atoms with Gasteiger partial charge < -0.3 is 9.32 Å². The Bertz CT molecular complexity index is 3600. The number of rotatable bonds is 6. The zero-order valence-electron chi connectivity index (χ0n) is 35.7. The molecule has 0 N–H and O–H groups in total. The first kappa shape index (κ1) is 36.7. The quantitative estimate of drug-likeness (QED) is 0.166. The molecule has 0 fully saturated rings. The van der Waals surface area contributed by atoms with Gasteiger partial charge in [0.25, 0.3) is 0 Å². The lowest BCUT2D eigenvalue weighted by atomic mass is 9.68. The Morgan fingerprint density at radius 2 is 0.953 bits per heavy atom. The van der Waals surface area contributed by atoms with Crippen molar-refractivity contribution in [2.45, 2.75) is 24.7 Å². The smallest absolute Gasteiger partial charge is 0.159 e. The number of hydrogen-bond acceptors (Lipinski definition) is 2. The maximum absolute atomic E-state index is 7.29. The molecule has 1 aromatic heterocycles. The third-order valence-electron chi connectivity index (χ3n) is 14.3. The molecule has 0 atom stereocenters. The van der Waals surface area contributed by atoms with E-state index in [9.17, 15) is 0 Å². The molecule has 2 heteroatoms. The number of para-hydroxylation sites is 1. The van der Waals surface area contributed by atoms with Crippen LogP contribution in [-0.4, -0.2) is 0 Å². The van der Waals surface area contributed by atoms with Crippen molar-refractivity contribution in [2.24, 2.45) is 0 Å². The first-order valence-corrected chi connectivity index (χ1v) is 22.3. The Kier molecular flexibility index (Phi) is 7.90. The van der Waals surface area contributed by atoms with Crippen LogP contribution < -0.4 is 4.90 Å². The lowest BCUT2D eigenvalue weighted by Crippen LogP contribution is -2.28. The van der Waals surface area contributed by atoms with Crippen molar-refractivity contribution < 1.29 is 4.42 Å². The van der Waals surface area contributed by atoms with Gasteiger partial charge in [-0.3, -0.25) is 0 Å². The summed E-state index contributed by atoms with van der Waals surface area (Å²) in [6.45, 7) is 4.73. The molecular formula is C62H43NO. The zero-order chi connectivity index (χ0) is 42.6. The van der Waals surface area contributed by atoms with E-state index < -0.39 is 5.41 Å². The van der Waals surface area contributed by atoms with Gasteiger partial charge in [0, 0.05) is 27.4 Å². The molecular weight excluding hydrogens is 775 g/mol. The largest absolute Gasteiger partial charge is 0.454 e. The summed E-state index contributed by atoms with van der Waals surface area (Å²) in [7, 11) is 0. The highest BCUT2D eigenvalue weighted by Crippen LogP contribution is 2.60. The molecule has 0 aliphatic heterocycles. The molecule has 0 amide bonds. The second-order valence-corrected chi connectivity index (χ2v) is 17.9. The second-order valence-electron chi connectivity index (χ2n) is 17.9. The Morgan fingerprint density at radius 3 is 1.70 bits per heavy atom. The highest BCUT2D eigenvalue weighted by molar-refractivity contribution is 6.24. The fourth-order valence-electron chi connectivity index (χ4n) is 11.6. The molecule has 64 heavy (non-hydrogen) atoms. The molecule has 0 bridgehead atoms. The van der Waals surface area contributed by atoms with Gasteiger partial charge in [-0.2, -0.15) is 0 Å². The minimum atomic E-state index is -0.546. The average molecular weight is 818 g/mol. The highest BCUT2D eigenvalue weighted by atomic mass is 16.3. The summed E-state index contributed by atoms with van der Waals surface area (Å²) in [5.41, 5.74) is 19.3. The number of anilines is 3. The van der Waals surface area contributed by atoms with E-state index in [2.05, 4.69) is 243 Å². The molecule has 2 nitrogen and oxygen atoms in total. The van der Waals surface area contributed by atoms with Crippen LogP contribution in [0.5, 0.6) is 0 Å². The number of hydrogen-bond donors (Lipinski definition) is 0. The van der Waals surface area contributed by atoms with Crippen molar-refractivity contribution >= 4 is 49.8 Å². The lowest BCUT2D eigenvalue weighted by Gasteiger charge is -2.34. The summed E-state index contributed by atoms with van der Waals surface area (Å²) in [4.78, 5) is 2.49. The number of fused-ring (bicyclic) bond motifs is 11. The third-order valence-corrected chi connectivity index (χ3v) is 14.3. The maximum Gasteiger partial charge on any atom is 0.159 e. The molecule has 13 rings (SSSR count). The first-order valence-electron chi connectivity index (χ1n) is 22.3. The number of furan rings is 1. The van der Waals surface area contributed by atoms with Crippen LogP contribution in [0.1, 0.15) is 47.2 Å². The van der Waals surface area contributed by atoms with Crippen LogP contribution in [0.4, 0.5) is 17.1 Å². The molecule has 0 unspecified atom stereocenters. The molecule has 1 heterocycles. The molecule has 10 aromatic carbocycles. The van der Waals surface area contributed by atoms with E-state index in [1.807, 2.05) is 0 Å². The Morgan fingerprint density at radius 1 is 0.391 bits per heavy atom. The second kappa shape index (κ2) is 13.8. The molecule has 0 spiro atoms. The fourth-order valence-corrected chi connectivity index (χ4v) is 11.6. The van der Waals surface area contributed by atoms with Crippen LogP contribution in [0, 0.1) is 0 Å². The molecule has 11 aromatic rings. The van der Waals surface area contributed by atoms with Gasteiger partial charge in [0.15, 0.2) is 5.58 Å². The Labute approximate surface area is 373 Å². The van der Waals surface area contributed by atoms with Crippen molar-refractivity contribution in [1.29, 1.82) is 0 Å². The van der Waals surface area contributed by atoms with E-state index in [0.29, 0.717) is 0 Å². The maximum atomic E-state index is 7.29. The van der Waals surface area contributed by atoms with Crippen LogP contribution >= 0.6 is 0 Å². The van der Waals surface area contributed by atoms with Crippen molar-refractivity contribution in [3.63, 3.8) is 0 Å². The average Bonchev–Trinajstić information content (AvgIpc) is 3.97. The van der Waals surface area contributed by atoms with Crippen LogP contribution in [0.3, 0.4) is 0 Å². The minimum Gasteiger partial charge on any atom is -0.454 e. The minimum absolute atomic E-state index is 0.188. The predicted octanol–water partition coefficient (Wildman–Crippen LogP) is 16.5. The Hall–Kier alpha value is -7.94. The van der Waals surface area contributed by atoms with Gasteiger partial charge in [0.05, 0.1) is 16.8 Å². The predicted molar refractivity (Wildman–Crippen MR) is 266 cm³/mol. The summed E-state index contributed by atoms with van der Waals surface area (Å²) in [6, 6.07) is 82.6. The van der Waals surface area contributed by atoms with E-state index in [4.69, 9.17) is 4.42 Å². The molecule has 2 aliphatic carbocycles. The summed E-state index contributed by atoms with van der Waals surface area (Å²) in [5.74, 6) is 0. The third kappa shape index (κ3) is 5.02. The van der Waals surface area contributed by atoms with E-state index in [1.165, 1.54) is 72.0 Å². The Balaban J connectivity index is 1.14. The highest BCUT2D eigenvalue weighted by Gasteiger charge is 2.47. The van der Waals surface area contributed by atoms with Crippen molar-refractivity contribution in [2.75, 3.05) is 4.90 Å². The molecule has 302 valence electrons. The lowest BCUT2D eigenvalue weighted by molar-refractivity contribution is 0.660. The SMILES string of the molecule is CC1(C)c2ccccc2-c2ccc(N(c3cccc4c3-c3ccccc3C4(c3ccccc3)c3ccccc3)c3cccc4c3oc3cc(-c5ccccc5)c5ccccc5c34)cc21.